The maximum atomic E-state index is 13.4. The second kappa shape index (κ2) is 6.51. The lowest BCUT2D eigenvalue weighted by Gasteiger charge is -2.27. The minimum atomic E-state index is -3.68. The number of alkyl halides is 2. The van der Waals surface area contributed by atoms with Gasteiger partial charge < -0.3 is 14.2 Å². The molecule has 2 aliphatic rings. The number of hydrogen-bond donors (Lipinski definition) is 0. The van der Waals surface area contributed by atoms with Crippen LogP contribution in [0.25, 0.3) is 0 Å². The molecule has 27 heavy (non-hydrogen) atoms. The van der Waals surface area contributed by atoms with Crippen LogP contribution in [0.1, 0.15) is 42.9 Å². The molecule has 0 bridgehead atoms. The average Bonchev–Trinajstić information content (AvgIpc) is 2.90. The van der Waals surface area contributed by atoms with Crippen LogP contribution in [-0.4, -0.2) is 18.7 Å². The Bertz CT molecular complexity index is 892. The normalized spacial score (nSPS) is 19.9. The smallest absolute Gasteiger partial charge is 0.493 e. The standard InChI is InChI=1S/C21H20F2O4/c1-12(2)11-25-18-6-4-3-5-15(18)17-9-14(24)7-13-8-19-20(10-16(13)17)27-21(22,23)26-19/h3-6,8,10,12,17H,7,9,11H2,1-2H3. The van der Waals surface area contributed by atoms with Crippen LogP contribution in [0.3, 0.4) is 0 Å². The number of ether oxygens (including phenoxy) is 3. The van der Waals surface area contributed by atoms with Gasteiger partial charge in [-0.05, 0) is 35.2 Å². The lowest BCUT2D eigenvalue weighted by molar-refractivity contribution is -0.286. The van der Waals surface area contributed by atoms with Gasteiger partial charge in [-0.1, -0.05) is 32.0 Å². The Hall–Kier alpha value is -2.63. The summed E-state index contributed by atoms with van der Waals surface area (Å²) >= 11 is 0. The first-order valence-electron chi connectivity index (χ1n) is 8.98. The summed E-state index contributed by atoms with van der Waals surface area (Å²) in [5.41, 5.74) is 2.36. The summed E-state index contributed by atoms with van der Waals surface area (Å²) < 4.78 is 41.9. The fourth-order valence-corrected chi connectivity index (χ4v) is 3.59. The van der Waals surface area contributed by atoms with E-state index in [0.717, 1.165) is 11.1 Å². The minimum absolute atomic E-state index is 0.00122. The fraction of sp³-hybridized carbons (Fsp3) is 0.381. The summed E-state index contributed by atoms with van der Waals surface area (Å²) in [5.74, 6) is 0.814. The summed E-state index contributed by atoms with van der Waals surface area (Å²) in [6.45, 7) is 4.67. The van der Waals surface area contributed by atoms with E-state index in [4.69, 9.17) is 4.74 Å². The third kappa shape index (κ3) is 3.48. The van der Waals surface area contributed by atoms with Crippen LogP contribution in [0.4, 0.5) is 8.78 Å². The van der Waals surface area contributed by atoms with Gasteiger partial charge in [0.15, 0.2) is 11.5 Å². The van der Waals surface area contributed by atoms with Crippen molar-refractivity contribution in [2.24, 2.45) is 5.92 Å². The summed E-state index contributed by atoms with van der Waals surface area (Å²) in [6.07, 6.45) is -3.18. The molecule has 1 heterocycles. The lowest BCUT2D eigenvalue weighted by atomic mass is 9.78. The van der Waals surface area contributed by atoms with Crippen molar-refractivity contribution in [2.45, 2.75) is 38.9 Å². The Balaban J connectivity index is 1.76. The number of Topliss-reactive ketones (excluding diaryl/α,β-unsaturated/α-hetero) is 1. The molecule has 1 aliphatic carbocycles. The maximum absolute atomic E-state index is 13.4. The van der Waals surface area contributed by atoms with E-state index < -0.39 is 6.29 Å². The third-order valence-electron chi connectivity index (χ3n) is 4.72. The van der Waals surface area contributed by atoms with E-state index in [9.17, 15) is 13.6 Å². The predicted octanol–water partition coefficient (Wildman–Crippen LogP) is 4.69. The van der Waals surface area contributed by atoms with E-state index in [0.29, 0.717) is 30.3 Å². The number of ketones is 1. The summed E-state index contributed by atoms with van der Waals surface area (Å²) in [6, 6.07) is 10.6. The second-order valence-electron chi connectivity index (χ2n) is 7.38. The highest BCUT2D eigenvalue weighted by atomic mass is 19.3. The number of hydrogen-bond acceptors (Lipinski definition) is 4. The van der Waals surface area contributed by atoms with Crippen LogP contribution in [-0.2, 0) is 11.2 Å². The van der Waals surface area contributed by atoms with Crippen molar-refractivity contribution in [1.29, 1.82) is 0 Å². The molecule has 6 heteroatoms. The molecule has 0 aromatic heterocycles. The molecule has 1 aliphatic heterocycles. The predicted molar refractivity (Wildman–Crippen MR) is 94.6 cm³/mol. The molecule has 0 fully saturated rings. The number of fused-ring (bicyclic) bond motifs is 2. The zero-order valence-corrected chi connectivity index (χ0v) is 15.1. The zero-order valence-electron chi connectivity index (χ0n) is 15.1. The average molecular weight is 374 g/mol. The second-order valence-corrected chi connectivity index (χ2v) is 7.38. The molecule has 4 nitrogen and oxygen atoms in total. The van der Waals surface area contributed by atoms with Gasteiger partial charge in [-0.15, -0.1) is 8.78 Å². The van der Waals surface area contributed by atoms with Crippen LogP contribution in [0.2, 0.25) is 0 Å². The largest absolute Gasteiger partial charge is 0.586 e. The van der Waals surface area contributed by atoms with Gasteiger partial charge in [0.1, 0.15) is 11.5 Å². The Kier molecular flexibility index (Phi) is 4.29. The highest BCUT2D eigenvalue weighted by Crippen LogP contribution is 2.47. The quantitative estimate of drug-likeness (QED) is 0.779. The Morgan fingerprint density at radius 3 is 2.59 bits per heavy atom. The lowest BCUT2D eigenvalue weighted by Crippen LogP contribution is -2.25. The molecule has 0 saturated heterocycles. The number of carbonyl (C=O) groups is 1. The van der Waals surface area contributed by atoms with Crippen molar-refractivity contribution in [3.63, 3.8) is 0 Å². The van der Waals surface area contributed by atoms with E-state index in [1.54, 1.807) is 6.07 Å². The summed E-state index contributed by atoms with van der Waals surface area (Å²) in [4.78, 5) is 12.4. The monoisotopic (exact) mass is 374 g/mol. The van der Waals surface area contributed by atoms with E-state index in [1.807, 2.05) is 24.3 Å². The van der Waals surface area contributed by atoms with Crippen molar-refractivity contribution in [3.8, 4) is 17.2 Å². The Labute approximate surface area is 156 Å². The minimum Gasteiger partial charge on any atom is -0.493 e. The Morgan fingerprint density at radius 1 is 1.15 bits per heavy atom. The number of benzene rings is 2. The van der Waals surface area contributed by atoms with Gasteiger partial charge in [-0.3, -0.25) is 4.79 Å². The van der Waals surface area contributed by atoms with Gasteiger partial charge in [0.2, 0.25) is 0 Å². The number of carbonyl (C=O) groups excluding carboxylic acids is 1. The van der Waals surface area contributed by atoms with Crippen LogP contribution in [0.15, 0.2) is 36.4 Å². The highest BCUT2D eigenvalue weighted by molar-refractivity contribution is 5.85. The molecule has 1 atom stereocenters. The van der Waals surface area contributed by atoms with Crippen molar-refractivity contribution < 1.29 is 27.8 Å². The van der Waals surface area contributed by atoms with Gasteiger partial charge in [-0.25, -0.2) is 0 Å². The molecule has 0 N–H and O–H groups in total. The molecule has 0 radical (unpaired) electrons. The molecule has 0 saturated carbocycles. The molecule has 142 valence electrons. The molecule has 2 aromatic rings. The van der Waals surface area contributed by atoms with E-state index >= 15 is 0 Å². The first kappa shape index (κ1) is 17.8. The van der Waals surface area contributed by atoms with Gasteiger partial charge in [0.05, 0.1) is 6.61 Å². The first-order chi connectivity index (χ1) is 12.8. The molecule has 2 aromatic carbocycles. The SMILES string of the molecule is CC(C)COc1ccccc1C1CC(=O)Cc2cc3c(cc21)OC(F)(F)O3. The maximum Gasteiger partial charge on any atom is 0.586 e. The van der Waals surface area contributed by atoms with Crippen molar-refractivity contribution in [2.75, 3.05) is 6.61 Å². The highest BCUT2D eigenvalue weighted by Gasteiger charge is 2.44. The molecule has 0 spiro atoms. The van der Waals surface area contributed by atoms with Crippen LogP contribution in [0, 0.1) is 5.92 Å². The number of halogens is 2. The summed E-state index contributed by atoms with van der Waals surface area (Å²) in [5, 5.41) is 0. The van der Waals surface area contributed by atoms with Crippen molar-refractivity contribution >= 4 is 5.78 Å². The van der Waals surface area contributed by atoms with Crippen molar-refractivity contribution in [3.05, 3.63) is 53.1 Å². The van der Waals surface area contributed by atoms with Gasteiger partial charge in [0, 0.05) is 24.3 Å². The van der Waals surface area contributed by atoms with Gasteiger partial charge >= 0.3 is 6.29 Å². The zero-order chi connectivity index (χ0) is 19.2. The van der Waals surface area contributed by atoms with E-state index in [1.165, 1.54) is 6.07 Å². The van der Waals surface area contributed by atoms with Crippen LogP contribution >= 0.6 is 0 Å². The summed E-state index contributed by atoms with van der Waals surface area (Å²) in [7, 11) is 0. The topological polar surface area (TPSA) is 44.8 Å². The molecular formula is C21H20F2O4. The molecule has 0 amide bonds. The van der Waals surface area contributed by atoms with Crippen molar-refractivity contribution in [1.82, 2.24) is 0 Å². The molecule has 4 rings (SSSR count). The third-order valence-corrected chi connectivity index (χ3v) is 4.72. The number of para-hydroxylation sites is 1. The van der Waals surface area contributed by atoms with E-state index in [2.05, 4.69) is 23.3 Å². The van der Waals surface area contributed by atoms with Gasteiger partial charge in [-0.2, -0.15) is 0 Å². The molecule has 1 unspecified atom stereocenters. The number of rotatable bonds is 4. The van der Waals surface area contributed by atoms with Crippen LogP contribution < -0.4 is 14.2 Å². The molecular weight excluding hydrogens is 354 g/mol. The Morgan fingerprint density at radius 2 is 1.85 bits per heavy atom. The first-order valence-corrected chi connectivity index (χ1v) is 8.98. The fourth-order valence-electron chi connectivity index (χ4n) is 3.59. The van der Waals surface area contributed by atoms with E-state index in [-0.39, 0.29) is 29.6 Å². The van der Waals surface area contributed by atoms with Gasteiger partial charge in [0.25, 0.3) is 0 Å². The van der Waals surface area contributed by atoms with Crippen LogP contribution in [0.5, 0.6) is 17.2 Å².